The maximum absolute atomic E-state index is 12.7. The highest BCUT2D eigenvalue weighted by Crippen LogP contribution is 2.31. The van der Waals surface area contributed by atoms with Crippen LogP contribution in [0.5, 0.6) is 0 Å². The molecule has 2 aliphatic rings. The van der Waals surface area contributed by atoms with Crippen molar-refractivity contribution in [1.29, 1.82) is 0 Å². The molecule has 3 N–H and O–H groups in total. The number of hydrogen-bond donors (Lipinski definition) is 2. The molecule has 0 aromatic heterocycles. The number of likely N-dealkylation sites (tertiary alicyclic amines) is 1. The Labute approximate surface area is 158 Å². The van der Waals surface area contributed by atoms with Crippen molar-refractivity contribution in [1.82, 2.24) is 10.2 Å². The largest absolute Gasteiger partial charge is 0.352 e. The molecule has 0 spiro atoms. The lowest BCUT2D eigenvalue weighted by Gasteiger charge is -2.37. The van der Waals surface area contributed by atoms with E-state index in [1.54, 1.807) is 0 Å². The van der Waals surface area contributed by atoms with Gasteiger partial charge in [-0.05, 0) is 57.2 Å². The van der Waals surface area contributed by atoms with E-state index in [1.165, 1.54) is 36.9 Å². The first-order chi connectivity index (χ1) is 12.5. The summed E-state index contributed by atoms with van der Waals surface area (Å²) in [4.78, 5) is 15.3. The Hall–Kier alpha value is -1.39. The lowest BCUT2D eigenvalue weighted by Crippen LogP contribution is -2.52. The molecule has 2 fully saturated rings. The second-order valence-electron chi connectivity index (χ2n) is 8.61. The minimum atomic E-state index is -0.370. The molecule has 3 unspecified atom stereocenters. The van der Waals surface area contributed by atoms with Crippen LogP contribution in [0.4, 0.5) is 0 Å². The summed E-state index contributed by atoms with van der Waals surface area (Å²) >= 11 is 0. The third-order valence-electron chi connectivity index (χ3n) is 6.46. The van der Waals surface area contributed by atoms with Gasteiger partial charge < -0.3 is 11.1 Å². The Morgan fingerprint density at radius 2 is 1.92 bits per heavy atom. The van der Waals surface area contributed by atoms with Crippen molar-refractivity contribution < 1.29 is 4.79 Å². The molecule has 1 aromatic carbocycles. The highest BCUT2D eigenvalue weighted by Gasteiger charge is 2.37. The van der Waals surface area contributed by atoms with Gasteiger partial charge in [-0.15, -0.1) is 0 Å². The van der Waals surface area contributed by atoms with Crippen LogP contribution in [0.2, 0.25) is 0 Å². The normalized spacial score (nSPS) is 30.1. The van der Waals surface area contributed by atoms with E-state index in [1.807, 2.05) is 6.92 Å². The third kappa shape index (κ3) is 4.66. The zero-order valence-electron chi connectivity index (χ0n) is 16.5. The molecular formula is C22H35N3O. The molecule has 0 radical (unpaired) electrons. The fourth-order valence-corrected chi connectivity index (χ4v) is 4.59. The Morgan fingerprint density at radius 1 is 1.19 bits per heavy atom. The van der Waals surface area contributed by atoms with Crippen LogP contribution in [0.15, 0.2) is 24.3 Å². The molecule has 4 heteroatoms. The number of hydrogen-bond acceptors (Lipinski definition) is 3. The standard InChI is InChI=1S/C22H35N3O/c1-17-9-6-8-14-25(17)16-19-11-4-3-10-18(19)15-24-21(26)20-12-5-7-13-22(20,2)23/h3-4,10-11,17,20H,5-9,12-16,23H2,1-2H3,(H,24,26). The molecule has 144 valence electrons. The lowest BCUT2D eigenvalue weighted by molar-refractivity contribution is -0.128. The van der Waals surface area contributed by atoms with E-state index in [0.29, 0.717) is 12.6 Å². The summed E-state index contributed by atoms with van der Waals surface area (Å²) in [6.07, 6.45) is 8.01. The van der Waals surface area contributed by atoms with Crippen LogP contribution in [-0.2, 0) is 17.9 Å². The number of rotatable bonds is 5. The molecule has 0 bridgehead atoms. The molecule has 1 saturated carbocycles. The number of nitrogens with two attached hydrogens (primary N) is 1. The molecule has 26 heavy (non-hydrogen) atoms. The molecule has 1 aromatic rings. The predicted molar refractivity (Wildman–Crippen MR) is 107 cm³/mol. The van der Waals surface area contributed by atoms with Crippen molar-refractivity contribution >= 4 is 5.91 Å². The van der Waals surface area contributed by atoms with Gasteiger partial charge in [0.2, 0.25) is 5.91 Å². The fourth-order valence-electron chi connectivity index (χ4n) is 4.59. The lowest BCUT2D eigenvalue weighted by atomic mass is 9.74. The number of nitrogens with zero attached hydrogens (tertiary/aromatic N) is 1. The minimum absolute atomic E-state index is 0.0643. The molecular weight excluding hydrogens is 322 g/mol. The summed E-state index contributed by atoms with van der Waals surface area (Å²) in [7, 11) is 0. The number of carbonyl (C=O) groups excluding carboxylic acids is 1. The van der Waals surface area contributed by atoms with Gasteiger partial charge in [0.15, 0.2) is 0 Å². The molecule has 1 amide bonds. The summed E-state index contributed by atoms with van der Waals surface area (Å²) in [5.41, 5.74) is 8.59. The van der Waals surface area contributed by atoms with Crippen LogP contribution in [0.25, 0.3) is 0 Å². The maximum Gasteiger partial charge on any atom is 0.225 e. The minimum Gasteiger partial charge on any atom is -0.352 e. The maximum atomic E-state index is 12.7. The van der Waals surface area contributed by atoms with Gasteiger partial charge in [0.25, 0.3) is 0 Å². The first kappa shape index (κ1) is 19.4. The van der Waals surface area contributed by atoms with Crippen molar-refractivity contribution in [3.05, 3.63) is 35.4 Å². The van der Waals surface area contributed by atoms with Crippen molar-refractivity contribution in [3.63, 3.8) is 0 Å². The zero-order chi connectivity index (χ0) is 18.6. The van der Waals surface area contributed by atoms with Crippen LogP contribution in [-0.4, -0.2) is 28.9 Å². The molecule has 1 aliphatic heterocycles. The summed E-state index contributed by atoms with van der Waals surface area (Å²) in [5.74, 6) is 0.0568. The highest BCUT2D eigenvalue weighted by molar-refractivity contribution is 5.80. The van der Waals surface area contributed by atoms with Crippen LogP contribution >= 0.6 is 0 Å². The van der Waals surface area contributed by atoms with Gasteiger partial charge in [-0.2, -0.15) is 0 Å². The molecule has 1 saturated heterocycles. The number of benzene rings is 1. The second kappa shape index (κ2) is 8.53. The van der Waals surface area contributed by atoms with Crippen LogP contribution < -0.4 is 11.1 Å². The van der Waals surface area contributed by atoms with E-state index in [9.17, 15) is 4.79 Å². The van der Waals surface area contributed by atoms with Crippen LogP contribution in [0, 0.1) is 5.92 Å². The summed E-state index contributed by atoms with van der Waals surface area (Å²) in [6, 6.07) is 9.17. The molecule has 3 rings (SSSR count). The van der Waals surface area contributed by atoms with Crippen LogP contribution in [0.1, 0.15) is 69.9 Å². The Bertz CT molecular complexity index is 613. The average Bonchev–Trinajstić information content (AvgIpc) is 2.62. The van der Waals surface area contributed by atoms with E-state index in [0.717, 1.165) is 32.2 Å². The Morgan fingerprint density at radius 3 is 2.65 bits per heavy atom. The molecule has 1 aliphatic carbocycles. The highest BCUT2D eigenvalue weighted by atomic mass is 16.1. The Balaban J connectivity index is 1.62. The van der Waals surface area contributed by atoms with Gasteiger partial charge in [0, 0.05) is 24.7 Å². The third-order valence-corrected chi connectivity index (χ3v) is 6.46. The van der Waals surface area contributed by atoms with Crippen molar-refractivity contribution in [3.8, 4) is 0 Å². The first-order valence-electron chi connectivity index (χ1n) is 10.3. The first-order valence-corrected chi connectivity index (χ1v) is 10.3. The fraction of sp³-hybridized carbons (Fsp3) is 0.682. The van der Waals surface area contributed by atoms with Gasteiger partial charge in [-0.3, -0.25) is 9.69 Å². The summed E-state index contributed by atoms with van der Waals surface area (Å²) in [5, 5.41) is 3.18. The molecule has 4 nitrogen and oxygen atoms in total. The van der Waals surface area contributed by atoms with E-state index in [-0.39, 0.29) is 17.4 Å². The molecule has 1 heterocycles. The molecule has 3 atom stereocenters. The van der Waals surface area contributed by atoms with Gasteiger partial charge >= 0.3 is 0 Å². The predicted octanol–water partition coefficient (Wildman–Crippen LogP) is 3.58. The summed E-state index contributed by atoms with van der Waals surface area (Å²) in [6.45, 7) is 7.11. The van der Waals surface area contributed by atoms with E-state index in [4.69, 9.17) is 5.73 Å². The van der Waals surface area contributed by atoms with Gasteiger partial charge in [-0.25, -0.2) is 0 Å². The van der Waals surface area contributed by atoms with E-state index < -0.39 is 0 Å². The SMILES string of the molecule is CC1CCCCN1Cc1ccccc1CNC(=O)C1CCCCC1(C)N. The quantitative estimate of drug-likeness (QED) is 0.847. The van der Waals surface area contributed by atoms with Gasteiger partial charge in [0.05, 0.1) is 5.92 Å². The smallest absolute Gasteiger partial charge is 0.225 e. The number of carbonyl (C=O) groups is 1. The average molecular weight is 358 g/mol. The van der Waals surface area contributed by atoms with Crippen molar-refractivity contribution in [2.24, 2.45) is 11.7 Å². The van der Waals surface area contributed by atoms with Crippen molar-refractivity contribution in [2.75, 3.05) is 6.54 Å². The second-order valence-corrected chi connectivity index (χ2v) is 8.61. The number of piperidine rings is 1. The van der Waals surface area contributed by atoms with E-state index >= 15 is 0 Å². The number of amides is 1. The summed E-state index contributed by atoms with van der Waals surface area (Å²) < 4.78 is 0. The van der Waals surface area contributed by atoms with Crippen molar-refractivity contribution in [2.45, 2.75) is 83.5 Å². The number of nitrogens with one attached hydrogen (secondary N) is 1. The Kier molecular flexibility index (Phi) is 6.36. The van der Waals surface area contributed by atoms with E-state index in [2.05, 4.69) is 41.4 Å². The monoisotopic (exact) mass is 357 g/mol. The zero-order valence-corrected chi connectivity index (χ0v) is 16.5. The van der Waals surface area contributed by atoms with Gasteiger partial charge in [-0.1, -0.05) is 43.5 Å². The van der Waals surface area contributed by atoms with Crippen LogP contribution in [0.3, 0.4) is 0 Å². The van der Waals surface area contributed by atoms with Gasteiger partial charge in [0.1, 0.15) is 0 Å². The topological polar surface area (TPSA) is 58.4 Å².